The van der Waals surface area contributed by atoms with Crippen molar-refractivity contribution in [2.75, 3.05) is 6.54 Å². The largest absolute Gasteiger partial charge is 0.481 e. The number of aromatic carboxylic acids is 1. The number of carbonyl (C=O) groups is 2. The number of hydrogen-bond acceptors (Lipinski definition) is 3. The van der Waals surface area contributed by atoms with E-state index >= 15 is 0 Å². The van der Waals surface area contributed by atoms with E-state index in [-0.39, 0.29) is 24.4 Å². The molecule has 2 aromatic rings. The highest BCUT2D eigenvalue weighted by Gasteiger charge is 2.18. The van der Waals surface area contributed by atoms with E-state index in [4.69, 9.17) is 27.5 Å². The maximum atomic E-state index is 11.2. The second kappa shape index (κ2) is 7.79. The molecule has 1 unspecified atom stereocenters. The van der Waals surface area contributed by atoms with Crippen LogP contribution in [0.3, 0.4) is 0 Å². The van der Waals surface area contributed by atoms with Crippen LogP contribution in [-0.4, -0.2) is 28.7 Å². The van der Waals surface area contributed by atoms with Gasteiger partial charge in [0.05, 0.1) is 17.0 Å². The fraction of sp³-hybridized carbons (Fsp3) is 0.176. The fourth-order valence-corrected chi connectivity index (χ4v) is 3.12. The average molecular weight is 413 g/mol. The SMILES string of the molecule is NCC(CC(=O)O)c1cc(Br)c(Cl)c(-c2cccc(C(=O)O)c2)c1. The molecule has 0 aromatic heterocycles. The summed E-state index contributed by atoms with van der Waals surface area (Å²) in [6, 6.07) is 9.90. The van der Waals surface area contributed by atoms with Gasteiger partial charge in [0.1, 0.15) is 0 Å². The van der Waals surface area contributed by atoms with Crippen molar-refractivity contribution in [2.45, 2.75) is 12.3 Å². The summed E-state index contributed by atoms with van der Waals surface area (Å²) in [6.45, 7) is 0.176. The lowest BCUT2D eigenvalue weighted by Gasteiger charge is -2.17. The van der Waals surface area contributed by atoms with E-state index in [1.54, 1.807) is 24.3 Å². The highest BCUT2D eigenvalue weighted by atomic mass is 79.9. The highest BCUT2D eigenvalue weighted by molar-refractivity contribution is 9.10. The molecule has 0 fully saturated rings. The van der Waals surface area contributed by atoms with E-state index in [1.165, 1.54) is 12.1 Å². The lowest BCUT2D eigenvalue weighted by atomic mass is 9.92. The fourth-order valence-electron chi connectivity index (χ4n) is 2.42. The molecule has 0 bridgehead atoms. The van der Waals surface area contributed by atoms with E-state index in [0.717, 1.165) is 5.56 Å². The van der Waals surface area contributed by atoms with Crippen molar-refractivity contribution in [2.24, 2.45) is 5.73 Å². The molecule has 2 rings (SSSR count). The molecule has 0 saturated heterocycles. The van der Waals surface area contributed by atoms with E-state index in [1.807, 2.05) is 0 Å². The number of benzene rings is 2. The van der Waals surface area contributed by atoms with Crippen LogP contribution in [0.25, 0.3) is 11.1 Å². The van der Waals surface area contributed by atoms with Crippen molar-refractivity contribution in [1.82, 2.24) is 0 Å². The maximum absolute atomic E-state index is 11.2. The summed E-state index contributed by atoms with van der Waals surface area (Å²) in [5.41, 5.74) is 7.83. The predicted molar refractivity (Wildman–Crippen MR) is 95.6 cm³/mol. The molecule has 24 heavy (non-hydrogen) atoms. The minimum absolute atomic E-state index is 0.0980. The van der Waals surface area contributed by atoms with E-state index in [9.17, 15) is 9.59 Å². The Morgan fingerprint density at radius 2 is 1.92 bits per heavy atom. The monoisotopic (exact) mass is 411 g/mol. The van der Waals surface area contributed by atoms with Crippen LogP contribution in [-0.2, 0) is 4.79 Å². The van der Waals surface area contributed by atoms with Gasteiger partial charge in [-0.05, 0) is 57.9 Å². The van der Waals surface area contributed by atoms with Crippen molar-refractivity contribution in [3.63, 3.8) is 0 Å². The van der Waals surface area contributed by atoms with Gasteiger partial charge in [-0.1, -0.05) is 23.7 Å². The zero-order chi connectivity index (χ0) is 17.9. The zero-order valence-corrected chi connectivity index (χ0v) is 14.8. The molecular weight excluding hydrogens is 398 g/mol. The molecule has 126 valence electrons. The van der Waals surface area contributed by atoms with E-state index in [2.05, 4.69) is 15.9 Å². The van der Waals surface area contributed by atoms with E-state index in [0.29, 0.717) is 20.6 Å². The lowest BCUT2D eigenvalue weighted by Crippen LogP contribution is -2.16. The topological polar surface area (TPSA) is 101 Å². The second-order valence-electron chi connectivity index (χ2n) is 5.28. The minimum Gasteiger partial charge on any atom is -0.481 e. The first-order valence-electron chi connectivity index (χ1n) is 7.08. The van der Waals surface area contributed by atoms with Gasteiger partial charge in [-0.25, -0.2) is 4.79 Å². The summed E-state index contributed by atoms with van der Waals surface area (Å²) in [7, 11) is 0. The van der Waals surface area contributed by atoms with Crippen molar-refractivity contribution in [3.8, 4) is 11.1 Å². The summed E-state index contributed by atoms with van der Waals surface area (Å²) in [5, 5.41) is 18.6. The zero-order valence-electron chi connectivity index (χ0n) is 12.5. The van der Waals surface area contributed by atoms with Crippen LogP contribution in [0.1, 0.15) is 28.3 Å². The van der Waals surface area contributed by atoms with Crippen LogP contribution >= 0.6 is 27.5 Å². The third-order valence-corrected chi connectivity index (χ3v) is 4.91. The van der Waals surface area contributed by atoms with Gasteiger partial charge in [0.25, 0.3) is 0 Å². The first kappa shape index (κ1) is 18.4. The standard InChI is InChI=1S/C17H15BrClNO4/c18-14-6-11(12(8-20)7-15(21)22)5-13(16(14)19)9-2-1-3-10(4-9)17(23)24/h1-6,12H,7-8,20H2,(H,21,22)(H,23,24). The Labute approximate surface area is 152 Å². The third kappa shape index (κ3) is 4.14. The highest BCUT2D eigenvalue weighted by Crippen LogP contribution is 2.37. The van der Waals surface area contributed by atoms with Gasteiger partial charge in [-0.15, -0.1) is 0 Å². The van der Waals surface area contributed by atoms with Crippen molar-refractivity contribution >= 4 is 39.5 Å². The Kier molecular flexibility index (Phi) is 5.99. The van der Waals surface area contributed by atoms with Crippen LogP contribution < -0.4 is 5.73 Å². The quantitative estimate of drug-likeness (QED) is 0.666. The van der Waals surface area contributed by atoms with Gasteiger partial charge in [-0.2, -0.15) is 0 Å². The number of carboxylic acid groups (broad SMARTS) is 2. The summed E-state index contributed by atoms with van der Waals surface area (Å²) in [5.74, 6) is -2.34. The van der Waals surface area contributed by atoms with Crippen LogP contribution in [0.2, 0.25) is 5.02 Å². The van der Waals surface area contributed by atoms with Gasteiger partial charge >= 0.3 is 11.9 Å². The van der Waals surface area contributed by atoms with Crippen LogP contribution in [0, 0.1) is 0 Å². The van der Waals surface area contributed by atoms with Gasteiger partial charge in [0.15, 0.2) is 0 Å². The van der Waals surface area contributed by atoms with Crippen molar-refractivity contribution in [3.05, 3.63) is 57.0 Å². The number of hydrogen-bond donors (Lipinski definition) is 3. The Morgan fingerprint density at radius 1 is 1.21 bits per heavy atom. The molecule has 1 atom stereocenters. The van der Waals surface area contributed by atoms with Crippen LogP contribution in [0.5, 0.6) is 0 Å². The molecule has 2 aromatic carbocycles. The average Bonchev–Trinajstić information content (AvgIpc) is 2.55. The van der Waals surface area contributed by atoms with Crippen molar-refractivity contribution in [1.29, 1.82) is 0 Å². The molecule has 0 aliphatic rings. The predicted octanol–water partition coefficient (Wildman–Crippen LogP) is 3.98. The minimum atomic E-state index is -1.03. The first-order valence-corrected chi connectivity index (χ1v) is 8.25. The number of halogens is 2. The summed E-state index contributed by atoms with van der Waals surface area (Å²) >= 11 is 9.71. The Bertz CT molecular complexity index is 794. The summed E-state index contributed by atoms with van der Waals surface area (Å²) in [4.78, 5) is 22.2. The molecule has 5 nitrogen and oxygen atoms in total. The lowest BCUT2D eigenvalue weighted by molar-refractivity contribution is -0.137. The Balaban J connectivity index is 2.56. The van der Waals surface area contributed by atoms with Crippen molar-refractivity contribution < 1.29 is 19.8 Å². The molecule has 0 radical (unpaired) electrons. The van der Waals surface area contributed by atoms with Gasteiger partial charge in [-0.3, -0.25) is 4.79 Å². The molecule has 7 heteroatoms. The number of rotatable bonds is 6. The number of aliphatic carboxylic acids is 1. The molecule has 4 N–H and O–H groups in total. The third-order valence-electron chi connectivity index (χ3n) is 3.65. The molecule has 0 saturated carbocycles. The Morgan fingerprint density at radius 3 is 2.50 bits per heavy atom. The smallest absolute Gasteiger partial charge is 0.335 e. The second-order valence-corrected chi connectivity index (χ2v) is 6.51. The van der Waals surface area contributed by atoms with Crippen LogP contribution in [0.4, 0.5) is 0 Å². The van der Waals surface area contributed by atoms with Gasteiger partial charge in [0, 0.05) is 16.0 Å². The molecule has 0 aliphatic carbocycles. The molecule has 0 aliphatic heterocycles. The molecule has 0 heterocycles. The number of carboxylic acids is 2. The molecule has 0 amide bonds. The van der Waals surface area contributed by atoms with E-state index < -0.39 is 11.9 Å². The first-order chi connectivity index (χ1) is 11.3. The normalized spacial score (nSPS) is 12.0. The summed E-state index contributed by atoms with van der Waals surface area (Å²) in [6.07, 6.45) is -0.0980. The Hall–Kier alpha value is -1.89. The molecule has 0 spiro atoms. The summed E-state index contributed by atoms with van der Waals surface area (Å²) < 4.78 is 0.598. The van der Waals surface area contributed by atoms with Gasteiger partial charge in [0.2, 0.25) is 0 Å². The van der Waals surface area contributed by atoms with Gasteiger partial charge < -0.3 is 15.9 Å². The van der Waals surface area contributed by atoms with Crippen LogP contribution in [0.15, 0.2) is 40.9 Å². The maximum Gasteiger partial charge on any atom is 0.335 e. The number of nitrogens with two attached hydrogens (primary N) is 1. The molecular formula is C17H15BrClNO4.